The van der Waals surface area contributed by atoms with Crippen molar-refractivity contribution in [3.63, 3.8) is 0 Å². The van der Waals surface area contributed by atoms with Crippen molar-refractivity contribution in [2.75, 3.05) is 25.6 Å². The Morgan fingerprint density at radius 2 is 2.26 bits per heavy atom. The standard InChI is InChI=1S/C18H24N6O2S/c1-18(2,25)15-9-24-14(7-21-17(24)27-15)13-6-19-8-16(23-13)22-11-4-12(10-26-3)20-5-11/h6-9,11-12,20,25H,4-5,10H2,1-3H3,(H,22,23). The molecule has 2 unspecified atom stereocenters. The van der Waals surface area contributed by atoms with Gasteiger partial charge < -0.3 is 20.5 Å². The van der Waals surface area contributed by atoms with Crippen molar-refractivity contribution in [1.82, 2.24) is 24.7 Å². The number of fused-ring (bicyclic) bond motifs is 1. The first kappa shape index (κ1) is 18.3. The van der Waals surface area contributed by atoms with Crippen molar-refractivity contribution in [1.29, 1.82) is 0 Å². The zero-order valence-corrected chi connectivity index (χ0v) is 16.5. The third kappa shape index (κ3) is 3.81. The number of hydrogen-bond acceptors (Lipinski definition) is 8. The Morgan fingerprint density at radius 3 is 3.04 bits per heavy atom. The van der Waals surface area contributed by atoms with E-state index in [1.807, 2.05) is 10.6 Å². The highest BCUT2D eigenvalue weighted by Crippen LogP contribution is 2.31. The summed E-state index contributed by atoms with van der Waals surface area (Å²) in [6, 6.07) is 0.659. The highest BCUT2D eigenvalue weighted by molar-refractivity contribution is 7.17. The number of rotatable bonds is 6. The van der Waals surface area contributed by atoms with Crippen molar-refractivity contribution in [3.05, 3.63) is 29.7 Å². The molecule has 0 bridgehead atoms. The van der Waals surface area contributed by atoms with Crippen molar-refractivity contribution >= 4 is 22.1 Å². The second kappa shape index (κ2) is 7.16. The Bertz CT molecular complexity index is 931. The molecular weight excluding hydrogens is 364 g/mol. The minimum Gasteiger partial charge on any atom is -0.385 e. The van der Waals surface area contributed by atoms with Gasteiger partial charge in [0.25, 0.3) is 0 Å². The SMILES string of the molecule is COCC1CC(Nc2cncc(-c3cnc4sc(C(C)(C)O)cn34)n2)CN1. The van der Waals surface area contributed by atoms with Crippen LogP contribution in [0.15, 0.2) is 24.8 Å². The Labute approximate surface area is 161 Å². The maximum atomic E-state index is 10.2. The molecule has 0 amide bonds. The van der Waals surface area contributed by atoms with Gasteiger partial charge in [-0.1, -0.05) is 11.3 Å². The number of aromatic nitrogens is 4. The molecular formula is C18H24N6O2S. The molecule has 4 heterocycles. The van der Waals surface area contributed by atoms with E-state index < -0.39 is 5.60 Å². The van der Waals surface area contributed by atoms with Crippen LogP contribution in [-0.4, -0.2) is 56.8 Å². The fraction of sp³-hybridized carbons (Fsp3) is 0.500. The topological polar surface area (TPSA) is 96.6 Å². The predicted octanol–water partition coefficient (Wildman–Crippen LogP) is 1.87. The third-order valence-corrected chi connectivity index (χ3v) is 5.96. The van der Waals surface area contributed by atoms with Crippen molar-refractivity contribution in [2.24, 2.45) is 0 Å². The minimum absolute atomic E-state index is 0.295. The average Bonchev–Trinajstić information content (AvgIpc) is 3.30. The van der Waals surface area contributed by atoms with Crippen LogP contribution in [0.25, 0.3) is 16.3 Å². The number of hydrogen-bond donors (Lipinski definition) is 3. The van der Waals surface area contributed by atoms with E-state index in [2.05, 4.69) is 20.6 Å². The van der Waals surface area contributed by atoms with Crippen LogP contribution in [0.4, 0.5) is 5.82 Å². The summed E-state index contributed by atoms with van der Waals surface area (Å²) in [6.07, 6.45) is 8.16. The summed E-state index contributed by atoms with van der Waals surface area (Å²) in [6.45, 7) is 5.12. The lowest BCUT2D eigenvalue weighted by atomic mass is 10.1. The molecule has 3 aromatic heterocycles. The summed E-state index contributed by atoms with van der Waals surface area (Å²) in [7, 11) is 1.72. The van der Waals surface area contributed by atoms with Crippen molar-refractivity contribution < 1.29 is 9.84 Å². The summed E-state index contributed by atoms with van der Waals surface area (Å²) in [4.78, 5) is 15.2. The molecule has 0 aromatic carbocycles. The molecule has 1 saturated heterocycles. The fourth-order valence-corrected chi connectivity index (χ4v) is 4.24. The first-order chi connectivity index (χ1) is 12.9. The molecule has 0 saturated carbocycles. The molecule has 0 aliphatic carbocycles. The maximum Gasteiger partial charge on any atom is 0.194 e. The summed E-state index contributed by atoms with van der Waals surface area (Å²) in [5.41, 5.74) is 0.702. The quantitative estimate of drug-likeness (QED) is 0.593. The number of nitrogens with zero attached hydrogens (tertiary/aromatic N) is 4. The van der Waals surface area contributed by atoms with E-state index in [-0.39, 0.29) is 0 Å². The van der Waals surface area contributed by atoms with Gasteiger partial charge in [-0.25, -0.2) is 9.97 Å². The number of aliphatic hydroxyl groups is 1. The molecule has 0 radical (unpaired) electrons. The Hall–Kier alpha value is -2.07. The zero-order valence-electron chi connectivity index (χ0n) is 15.6. The van der Waals surface area contributed by atoms with Crippen LogP contribution in [0.2, 0.25) is 0 Å². The molecule has 4 rings (SSSR count). The van der Waals surface area contributed by atoms with Crippen LogP contribution in [-0.2, 0) is 10.3 Å². The van der Waals surface area contributed by atoms with E-state index in [9.17, 15) is 5.11 Å². The first-order valence-corrected chi connectivity index (χ1v) is 9.76. The van der Waals surface area contributed by atoms with E-state index in [1.165, 1.54) is 11.3 Å². The summed E-state index contributed by atoms with van der Waals surface area (Å²) >= 11 is 1.47. The van der Waals surface area contributed by atoms with Gasteiger partial charge in [0.1, 0.15) is 11.5 Å². The van der Waals surface area contributed by atoms with Gasteiger partial charge in [-0.15, -0.1) is 0 Å². The Balaban J connectivity index is 1.56. The van der Waals surface area contributed by atoms with E-state index >= 15 is 0 Å². The molecule has 2 atom stereocenters. The molecule has 9 heteroatoms. The van der Waals surface area contributed by atoms with Crippen LogP contribution in [0.1, 0.15) is 25.1 Å². The highest BCUT2D eigenvalue weighted by atomic mass is 32.1. The van der Waals surface area contributed by atoms with Crippen LogP contribution < -0.4 is 10.6 Å². The molecule has 3 N–H and O–H groups in total. The number of ether oxygens (including phenoxy) is 1. The number of thiazole rings is 1. The van der Waals surface area contributed by atoms with Crippen molar-refractivity contribution in [3.8, 4) is 11.4 Å². The van der Waals surface area contributed by atoms with E-state index in [0.717, 1.165) is 40.0 Å². The number of methoxy groups -OCH3 is 1. The molecule has 3 aromatic rings. The fourth-order valence-electron chi connectivity index (χ4n) is 3.28. The first-order valence-electron chi connectivity index (χ1n) is 8.95. The molecule has 0 spiro atoms. The van der Waals surface area contributed by atoms with Gasteiger partial charge in [0.05, 0.1) is 41.4 Å². The largest absolute Gasteiger partial charge is 0.385 e. The van der Waals surface area contributed by atoms with Crippen LogP contribution >= 0.6 is 11.3 Å². The third-order valence-electron chi connectivity index (χ3n) is 4.65. The van der Waals surface area contributed by atoms with Gasteiger partial charge in [0.15, 0.2) is 4.96 Å². The number of anilines is 1. The molecule has 1 fully saturated rings. The highest BCUT2D eigenvalue weighted by Gasteiger charge is 2.24. The van der Waals surface area contributed by atoms with Gasteiger partial charge in [-0.05, 0) is 20.3 Å². The van der Waals surface area contributed by atoms with Crippen LogP contribution in [0.5, 0.6) is 0 Å². The summed E-state index contributed by atoms with van der Waals surface area (Å²) < 4.78 is 7.17. The lowest BCUT2D eigenvalue weighted by Gasteiger charge is -2.13. The number of imidazole rings is 1. The summed E-state index contributed by atoms with van der Waals surface area (Å²) in [5, 5.41) is 17.1. The van der Waals surface area contributed by atoms with E-state index in [0.29, 0.717) is 18.7 Å². The van der Waals surface area contributed by atoms with Crippen molar-refractivity contribution in [2.45, 2.75) is 38.0 Å². The number of nitrogens with one attached hydrogen (secondary N) is 2. The molecule has 1 aliphatic rings. The van der Waals surface area contributed by atoms with Gasteiger partial charge in [0.2, 0.25) is 0 Å². The van der Waals surface area contributed by atoms with Gasteiger partial charge in [-0.3, -0.25) is 9.38 Å². The second-order valence-electron chi connectivity index (χ2n) is 7.38. The summed E-state index contributed by atoms with van der Waals surface area (Å²) in [5.74, 6) is 0.741. The van der Waals surface area contributed by atoms with Gasteiger partial charge in [-0.2, -0.15) is 0 Å². The van der Waals surface area contributed by atoms with E-state index in [4.69, 9.17) is 9.72 Å². The lowest BCUT2D eigenvalue weighted by molar-refractivity contribution is 0.0822. The normalized spacial score (nSPS) is 20.4. The smallest absolute Gasteiger partial charge is 0.194 e. The van der Waals surface area contributed by atoms with Gasteiger partial charge in [0, 0.05) is 31.9 Å². The van der Waals surface area contributed by atoms with Gasteiger partial charge >= 0.3 is 0 Å². The second-order valence-corrected chi connectivity index (χ2v) is 8.39. The maximum absolute atomic E-state index is 10.2. The molecule has 8 nitrogen and oxygen atoms in total. The minimum atomic E-state index is -0.897. The van der Waals surface area contributed by atoms with Crippen LogP contribution in [0, 0.1) is 0 Å². The molecule has 27 heavy (non-hydrogen) atoms. The lowest BCUT2D eigenvalue weighted by Crippen LogP contribution is -2.26. The van der Waals surface area contributed by atoms with Crippen LogP contribution in [0.3, 0.4) is 0 Å². The zero-order chi connectivity index (χ0) is 19.0. The van der Waals surface area contributed by atoms with E-state index in [1.54, 1.807) is 39.5 Å². The Morgan fingerprint density at radius 1 is 1.41 bits per heavy atom. The Kier molecular flexibility index (Phi) is 4.85. The monoisotopic (exact) mass is 388 g/mol. The molecule has 144 valence electrons. The predicted molar refractivity (Wildman–Crippen MR) is 105 cm³/mol. The molecule has 1 aliphatic heterocycles. The average molecular weight is 388 g/mol.